The van der Waals surface area contributed by atoms with Crippen molar-refractivity contribution in [3.63, 3.8) is 0 Å². The van der Waals surface area contributed by atoms with Crippen LogP contribution in [0, 0.1) is 31.1 Å². The Labute approximate surface area is 154 Å². The zero-order chi connectivity index (χ0) is 19.8. The van der Waals surface area contributed by atoms with Crippen molar-refractivity contribution in [1.82, 2.24) is 9.36 Å². The fourth-order valence-corrected chi connectivity index (χ4v) is 2.83. The van der Waals surface area contributed by atoms with Gasteiger partial charge in [0.1, 0.15) is 5.56 Å². The number of aryl methyl sites for hydroxylation is 2. The molecule has 0 spiro atoms. The van der Waals surface area contributed by atoms with Crippen molar-refractivity contribution < 1.29 is 9.53 Å². The molecule has 5 nitrogen and oxygen atoms in total. The number of esters is 1. The number of ether oxygens (including phenoxy) is 1. The number of rotatable bonds is 2. The standard InChI is InChI=1S/C21H26N2O3/c1-9-10-15-11-13(2)16(14(3)12-15)17-18(24)22(7)23(8)19(17)26-20(25)21(4,5)6/h11-12H,1-8H3. The molecule has 0 aliphatic carbocycles. The summed E-state index contributed by atoms with van der Waals surface area (Å²) in [5.41, 5.74) is 3.03. The maximum Gasteiger partial charge on any atom is 0.317 e. The average Bonchev–Trinajstić information content (AvgIpc) is 2.72. The molecule has 0 fully saturated rings. The van der Waals surface area contributed by atoms with Crippen molar-refractivity contribution >= 4 is 5.97 Å². The van der Waals surface area contributed by atoms with Crippen LogP contribution in [0.2, 0.25) is 0 Å². The second-order valence-electron chi connectivity index (χ2n) is 7.53. The molecule has 0 aliphatic heterocycles. The molecule has 0 saturated carbocycles. The number of nitrogens with zero attached hydrogens (tertiary/aromatic N) is 2. The van der Waals surface area contributed by atoms with Gasteiger partial charge in [0.25, 0.3) is 5.56 Å². The fourth-order valence-electron chi connectivity index (χ4n) is 2.83. The molecule has 26 heavy (non-hydrogen) atoms. The molecule has 0 aliphatic rings. The Morgan fingerprint density at radius 2 is 1.58 bits per heavy atom. The third kappa shape index (κ3) is 3.45. The summed E-state index contributed by atoms with van der Waals surface area (Å²) in [7, 11) is 3.36. The third-order valence-corrected chi connectivity index (χ3v) is 4.32. The molecule has 0 radical (unpaired) electrons. The number of aromatic nitrogens is 2. The van der Waals surface area contributed by atoms with Gasteiger partial charge in [-0.3, -0.25) is 19.0 Å². The highest BCUT2D eigenvalue weighted by Crippen LogP contribution is 2.34. The lowest BCUT2D eigenvalue weighted by molar-refractivity contribution is -0.143. The first-order valence-corrected chi connectivity index (χ1v) is 8.51. The van der Waals surface area contributed by atoms with Crippen LogP contribution in [0.1, 0.15) is 44.4 Å². The monoisotopic (exact) mass is 354 g/mol. The summed E-state index contributed by atoms with van der Waals surface area (Å²) in [4.78, 5) is 25.3. The fraction of sp³-hybridized carbons (Fsp3) is 0.429. The summed E-state index contributed by atoms with van der Waals surface area (Å²) in [5, 5.41) is 0. The number of carbonyl (C=O) groups excluding carboxylic acids is 1. The van der Waals surface area contributed by atoms with Gasteiger partial charge in [-0.2, -0.15) is 0 Å². The molecule has 2 aromatic rings. The second kappa shape index (κ2) is 6.87. The molecule has 1 aromatic heterocycles. The Morgan fingerprint density at radius 3 is 2.04 bits per heavy atom. The van der Waals surface area contributed by atoms with E-state index in [-0.39, 0.29) is 17.4 Å². The minimum absolute atomic E-state index is 0.204. The first-order valence-electron chi connectivity index (χ1n) is 8.51. The van der Waals surface area contributed by atoms with E-state index >= 15 is 0 Å². The van der Waals surface area contributed by atoms with Gasteiger partial charge in [0.2, 0.25) is 5.88 Å². The smallest absolute Gasteiger partial charge is 0.317 e. The van der Waals surface area contributed by atoms with Crippen molar-refractivity contribution in [2.45, 2.75) is 41.5 Å². The lowest BCUT2D eigenvalue weighted by atomic mass is 9.94. The summed E-state index contributed by atoms with van der Waals surface area (Å²) >= 11 is 0. The average molecular weight is 354 g/mol. The van der Waals surface area contributed by atoms with Crippen LogP contribution < -0.4 is 10.3 Å². The van der Waals surface area contributed by atoms with E-state index < -0.39 is 5.41 Å². The Hall–Kier alpha value is -2.74. The van der Waals surface area contributed by atoms with Crippen LogP contribution in [0.5, 0.6) is 5.88 Å². The maximum absolute atomic E-state index is 12.9. The van der Waals surface area contributed by atoms with E-state index in [2.05, 4.69) is 11.8 Å². The van der Waals surface area contributed by atoms with Crippen LogP contribution in [0.25, 0.3) is 11.1 Å². The largest absolute Gasteiger partial charge is 0.407 e. The van der Waals surface area contributed by atoms with Gasteiger partial charge in [-0.1, -0.05) is 5.92 Å². The van der Waals surface area contributed by atoms with E-state index in [0.29, 0.717) is 5.56 Å². The molecule has 0 saturated heterocycles. The number of hydrogen-bond donors (Lipinski definition) is 0. The predicted octanol–water partition coefficient (Wildman–Crippen LogP) is 3.33. The summed E-state index contributed by atoms with van der Waals surface area (Å²) < 4.78 is 8.67. The Morgan fingerprint density at radius 1 is 1.04 bits per heavy atom. The molecule has 1 heterocycles. The van der Waals surface area contributed by atoms with Crippen LogP contribution in [-0.4, -0.2) is 15.3 Å². The van der Waals surface area contributed by atoms with Gasteiger partial charge >= 0.3 is 5.97 Å². The van der Waals surface area contributed by atoms with Crippen molar-refractivity contribution in [2.75, 3.05) is 0 Å². The highest BCUT2D eigenvalue weighted by atomic mass is 16.5. The molecular formula is C21H26N2O3. The zero-order valence-corrected chi connectivity index (χ0v) is 16.8. The number of benzene rings is 1. The first-order chi connectivity index (χ1) is 12.0. The van der Waals surface area contributed by atoms with Gasteiger partial charge in [0, 0.05) is 19.7 Å². The Bertz CT molecular complexity index is 966. The Kier molecular flexibility index (Phi) is 5.18. The first kappa shape index (κ1) is 19.6. The van der Waals surface area contributed by atoms with Gasteiger partial charge in [0.15, 0.2) is 0 Å². The summed E-state index contributed by atoms with van der Waals surface area (Å²) in [6.45, 7) is 11.0. The maximum atomic E-state index is 12.9. The number of carbonyl (C=O) groups is 1. The van der Waals surface area contributed by atoms with Gasteiger partial charge in [-0.25, -0.2) is 0 Å². The van der Waals surface area contributed by atoms with Crippen molar-refractivity contribution in [3.05, 3.63) is 39.2 Å². The molecule has 0 N–H and O–H groups in total. The lowest BCUT2D eigenvalue weighted by Crippen LogP contribution is -2.26. The zero-order valence-electron chi connectivity index (χ0n) is 16.8. The quantitative estimate of drug-likeness (QED) is 0.614. The molecule has 138 valence electrons. The molecular weight excluding hydrogens is 328 g/mol. The van der Waals surface area contributed by atoms with Crippen LogP contribution >= 0.6 is 0 Å². The molecule has 5 heteroatoms. The molecule has 0 atom stereocenters. The molecule has 0 bridgehead atoms. The van der Waals surface area contributed by atoms with E-state index in [4.69, 9.17) is 4.74 Å². The van der Waals surface area contributed by atoms with E-state index in [1.54, 1.807) is 46.5 Å². The molecule has 0 amide bonds. The lowest BCUT2D eigenvalue weighted by Gasteiger charge is -2.18. The van der Waals surface area contributed by atoms with Crippen LogP contribution in [0.4, 0.5) is 0 Å². The van der Waals surface area contributed by atoms with Gasteiger partial charge in [-0.15, -0.1) is 5.92 Å². The van der Waals surface area contributed by atoms with E-state index in [1.165, 1.54) is 4.68 Å². The van der Waals surface area contributed by atoms with Crippen LogP contribution in [0.15, 0.2) is 16.9 Å². The van der Waals surface area contributed by atoms with Gasteiger partial charge in [0.05, 0.1) is 5.41 Å². The Balaban J connectivity index is 2.75. The SMILES string of the molecule is CC#Cc1cc(C)c(-c2c(OC(=O)C(C)(C)C)n(C)n(C)c2=O)c(C)c1. The second-order valence-corrected chi connectivity index (χ2v) is 7.53. The van der Waals surface area contributed by atoms with Gasteiger partial charge in [-0.05, 0) is 70.4 Å². The molecule has 1 aromatic carbocycles. The van der Waals surface area contributed by atoms with Gasteiger partial charge < -0.3 is 4.74 Å². The minimum atomic E-state index is -0.673. The summed E-state index contributed by atoms with van der Waals surface area (Å²) in [5.74, 6) is 5.81. The van der Waals surface area contributed by atoms with E-state index in [0.717, 1.165) is 22.3 Å². The van der Waals surface area contributed by atoms with E-state index in [9.17, 15) is 9.59 Å². The topological polar surface area (TPSA) is 53.2 Å². The minimum Gasteiger partial charge on any atom is -0.407 e. The number of hydrogen-bond acceptors (Lipinski definition) is 3. The van der Waals surface area contributed by atoms with Crippen molar-refractivity contribution in [1.29, 1.82) is 0 Å². The van der Waals surface area contributed by atoms with Crippen molar-refractivity contribution in [2.24, 2.45) is 19.5 Å². The van der Waals surface area contributed by atoms with Crippen molar-refractivity contribution in [3.8, 4) is 28.8 Å². The predicted molar refractivity (Wildman–Crippen MR) is 103 cm³/mol. The highest BCUT2D eigenvalue weighted by Gasteiger charge is 2.29. The van der Waals surface area contributed by atoms with Crippen LogP contribution in [-0.2, 0) is 18.9 Å². The van der Waals surface area contributed by atoms with E-state index in [1.807, 2.05) is 26.0 Å². The van der Waals surface area contributed by atoms with Crippen LogP contribution in [0.3, 0.4) is 0 Å². The normalized spacial score (nSPS) is 11.1. The summed E-state index contributed by atoms with van der Waals surface area (Å²) in [6, 6.07) is 3.89. The third-order valence-electron chi connectivity index (χ3n) is 4.32. The highest BCUT2D eigenvalue weighted by molar-refractivity contribution is 5.82. The summed E-state index contributed by atoms with van der Waals surface area (Å²) in [6.07, 6.45) is 0. The molecule has 0 unspecified atom stereocenters. The molecule has 2 rings (SSSR count).